The van der Waals surface area contributed by atoms with Crippen molar-refractivity contribution in [1.82, 2.24) is 25.0 Å². The molecular formula is C17H25N5OS. The minimum absolute atomic E-state index is 0.0615. The van der Waals surface area contributed by atoms with Crippen molar-refractivity contribution in [3.63, 3.8) is 0 Å². The van der Waals surface area contributed by atoms with Crippen molar-refractivity contribution in [2.24, 2.45) is 0 Å². The molecular weight excluding hydrogens is 322 g/mol. The molecule has 0 aliphatic heterocycles. The van der Waals surface area contributed by atoms with Gasteiger partial charge in [0.05, 0.1) is 0 Å². The molecule has 24 heavy (non-hydrogen) atoms. The summed E-state index contributed by atoms with van der Waals surface area (Å²) < 4.78 is 2.18. The lowest BCUT2D eigenvalue weighted by Gasteiger charge is -2.18. The van der Waals surface area contributed by atoms with E-state index in [0.29, 0.717) is 17.1 Å². The van der Waals surface area contributed by atoms with E-state index in [1.807, 2.05) is 31.2 Å². The summed E-state index contributed by atoms with van der Waals surface area (Å²) in [5, 5.41) is 10.0. The molecule has 0 bridgehead atoms. The van der Waals surface area contributed by atoms with Gasteiger partial charge >= 0.3 is 0 Å². The first kappa shape index (κ1) is 18.4. The minimum atomic E-state index is -0.0615. The van der Waals surface area contributed by atoms with Gasteiger partial charge in [-0.15, -0.1) is 0 Å². The summed E-state index contributed by atoms with van der Waals surface area (Å²) in [6.07, 6.45) is 0. The summed E-state index contributed by atoms with van der Waals surface area (Å²) in [5.74, 6) is 0.621. The SMILES string of the molecule is CCN(CC)CCNC(=O)Cn1c(-c2cccc(C)c2)n[nH]c1=S. The highest BCUT2D eigenvalue weighted by molar-refractivity contribution is 7.71. The van der Waals surface area contributed by atoms with Crippen LogP contribution in [0.4, 0.5) is 0 Å². The highest BCUT2D eigenvalue weighted by Crippen LogP contribution is 2.18. The van der Waals surface area contributed by atoms with E-state index >= 15 is 0 Å². The molecule has 0 fully saturated rings. The van der Waals surface area contributed by atoms with Crippen LogP contribution in [0.2, 0.25) is 0 Å². The fourth-order valence-electron chi connectivity index (χ4n) is 2.56. The van der Waals surface area contributed by atoms with Crippen LogP contribution in [-0.2, 0) is 11.3 Å². The van der Waals surface area contributed by atoms with Crippen LogP contribution in [-0.4, -0.2) is 51.8 Å². The van der Waals surface area contributed by atoms with Gasteiger partial charge in [-0.3, -0.25) is 14.5 Å². The van der Waals surface area contributed by atoms with Crippen LogP contribution >= 0.6 is 12.2 Å². The Kier molecular flexibility index (Phi) is 6.69. The third-order valence-corrected chi connectivity index (χ3v) is 4.29. The van der Waals surface area contributed by atoms with Crippen LogP contribution in [0.5, 0.6) is 0 Å². The number of hydrogen-bond acceptors (Lipinski definition) is 4. The minimum Gasteiger partial charge on any atom is -0.353 e. The van der Waals surface area contributed by atoms with Crippen LogP contribution in [0.1, 0.15) is 19.4 Å². The number of aromatic nitrogens is 3. The number of likely N-dealkylation sites (N-methyl/N-ethyl adjacent to an activating group) is 1. The summed E-state index contributed by atoms with van der Waals surface area (Å²) >= 11 is 5.27. The molecule has 6 nitrogen and oxygen atoms in total. The first-order valence-electron chi connectivity index (χ1n) is 8.26. The Morgan fingerprint density at radius 3 is 2.79 bits per heavy atom. The van der Waals surface area contributed by atoms with Crippen molar-refractivity contribution in [3.05, 3.63) is 34.6 Å². The number of carbonyl (C=O) groups is 1. The van der Waals surface area contributed by atoms with Gasteiger partial charge in [0, 0.05) is 18.7 Å². The average molecular weight is 347 g/mol. The third kappa shape index (κ3) is 4.75. The Morgan fingerprint density at radius 2 is 2.12 bits per heavy atom. The van der Waals surface area contributed by atoms with Crippen LogP contribution in [0.25, 0.3) is 11.4 Å². The van der Waals surface area contributed by atoms with Gasteiger partial charge in [0.15, 0.2) is 10.6 Å². The molecule has 1 amide bonds. The molecule has 0 unspecified atom stereocenters. The van der Waals surface area contributed by atoms with Crippen LogP contribution in [0.3, 0.4) is 0 Å². The molecule has 1 aromatic carbocycles. The van der Waals surface area contributed by atoms with Gasteiger partial charge in [-0.25, -0.2) is 0 Å². The number of aromatic amines is 1. The third-order valence-electron chi connectivity index (χ3n) is 3.98. The predicted molar refractivity (Wildman–Crippen MR) is 98.4 cm³/mol. The van der Waals surface area contributed by atoms with E-state index < -0.39 is 0 Å². The van der Waals surface area contributed by atoms with E-state index in [0.717, 1.165) is 30.8 Å². The summed E-state index contributed by atoms with van der Waals surface area (Å²) in [6.45, 7) is 9.86. The lowest BCUT2D eigenvalue weighted by Crippen LogP contribution is -2.36. The maximum Gasteiger partial charge on any atom is 0.240 e. The Hall–Kier alpha value is -1.99. The number of aryl methyl sites for hydroxylation is 1. The molecule has 2 rings (SSSR count). The van der Waals surface area contributed by atoms with Crippen molar-refractivity contribution < 1.29 is 4.79 Å². The van der Waals surface area contributed by atoms with Crippen molar-refractivity contribution in [1.29, 1.82) is 0 Å². The zero-order chi connectivity index (χ0) is 17.5. The lowest BCUT2D eigenvalue weighted by atomic mass is 10.1. The highest BCUT2D eigenvalue weighted by atomic mass is 32.1. The quantitative estimate of drug-likeness (QED) is 0.720. The monoisotopic (exact) mass is 347 g/mol. The maximum atomic E-state index is 12.2. The molecule has 1 heterocycles. The molecule has 0 saturated carbocycles. The molecule has 0 radical (unpaired) electrons. The zero-order valence-corrected chi connectivity index (χ0v) is 15.3. The Morgan fingerprint density at radius 1 is 1.38 bits per heavy atom. The van der Waals surface area contributed by atoms with Crippen LogP contribution < -0.4 is 5.32 Å². The summed E-state index contributed by atoms with van der Waals surface area (Å²) in [6, 6.07) is 7.98. The second kappa shape index (κ2) is 8.75. The summed E-state index contributed by atoms with van der Waals surface area (Å²) in [7, 11) is 0. The standard InChI is InChI=1S/C17H25N5OS/c1-4-21(5-2)10-9-18-15(23)12-22-16(19-20-17(22)24)14-8-6-7-13(3)11-14/h6-8,11H,4-5,9-10,12H2,1-3H3,(H,18,23)(H,20,24). The van der Waals surface area contributed by atoms with Gasteiger partial charge in [0.25, 0.3) is 0 Å². The van der Waals surface area contributed by atoms with Crippen molar-refractivity contribution in [2.75, 3.05) is 26.2 Å². The van der Waals surface area contributed by atoms with Gasteiger partial charge in [-0.2, -0.15) is 5.10 Å². The molecule has 2 N–H and O–H groups in total. The number of benzene rings is 1. The zero-order valence-electron chi connectivity index (χ0n) is 14.5. The lowest BCUT2D eigenvalue weighted by molar-refractivity contribution is -0.121. The topological polar surface area (TPSA) is 66.0 Å². The van der Waals surface area contributed by atoms with Gasteiger partial charge in [0.1, 0.15) is 6.54 Å². The van der Waals surface area contributed by atoms with Crippen molar-refractivity contribution in [2.45, 2.75) is 27.3 Å². The number of amides is 1. The molecule has 130 valence electrons. The largest absolute Gasteiger partial charge is 0.353 e. The average Bonchev–Trinajstić information content (AvgIpc) is 2.92. The second-order valence-electron chi connectivity index (χ2n) is 5.68. The van der Waals surface area contributed by atoms with E-state index in [1.165, 1.54) is 0 Å². The molecule has 7 heteroatoms. The summed E-state index contributed by atoms with van der Waals surface area (Å²) in [5.41, 5.74) is 2.08. The fourth-order valence-corrected chi connectivity index (χ4v) is 2.76. The van der Waals surface area contributed by atoms with Crippen LogP contribution in [0.15, 0.2) is 24.3 Å². The fraction of sp³-hybridized carbons (Fsp3) is 0.471. The van der Waals surface area contributed by atoms with E-state index in [9.17, 15) is 4.79 Å². The van der Waals surface area contributed by atoms with Gasteiger partial charge in [0.2, 0.25) is 5.91 Å². The Balaban J connectivity index is 2.04. The molecule has 0 aliphatic carbocycles. The van der Waals surface area contributed by atoms with Gasteiger partial charge in [-0.05, 0) is 38.3 Å². The number of rotatable bonds is 8. The van der Waals surface area contributed by atoms with E-state index in [4.69, 9.17) is 12.2 Å². The number of nitrogens with one attached hydrogen (secondary N) is 2. The predicted octanol–water partition coefficient (Wildman–Crippen LogP) is 2.37. The van der Waals surface area contributed by atoms with E-state index in [-0.39, 0.29) is 12.5 Å². The summed E-state index contributed by atoms with van der Waals surface area (Å²) in [4.78, 5) is 14.5. The first-order chi connectivity index (χ1) is 11.5. The van der Waals surface area contributed by atoms with E-state index in [1.54, 1.807) is 4.57 Å². The van der Waals surface area contributed by atoms with E-state index in [2.05, 4.69) is 34.3 Å². The highest BCUT2D eigenvalue weighted by Gasteiger charge is 2.12. The number of hydrogen-bond donors (Lipinski definition) is 2. The maximum absolute atomic E-state index is 12.2. The molecule has 0 saturated heterocycles. The molecule has 0 aliphatic rings. The number of carbonyl (C=O) groups excluding carboxylic acids is 1. The smallest absolute Gasteiger partial charge is 0.240 e. The van der Waals surface area contributed by atoms with Crippen molar-refractivity contribution in [3.8, 4) is 11.4 Å². The normalized spacial score (nSPS) is 11.0. The first-order valence-corrected chi connectivity index (χ1v) is 8.67. The van der Waals surface area contributed by atoms with Gasteiger partial charge in [-0.1, -0.05) is 37.6 Å². The molecule has 1 aromatic heterocycles. The number of nitrogens with zero attached hydrogens (tertiary/aromatic N) is 3. The van der Waals surface area contributed by atoms with Crippen LogP contribution in [0, 0.1) is 11.7 Å². The Bertz CT molecular complexity index is 733. The number of H-pyrrole nitrogens is 1. The molecule has 0 spiro atoms. The Labute approximate surface area is 147 Å². The van der Waals surface area contributed by atoms with Crippen molar-refractivity contribution >= 4 is 18.1 Å². The second-order valence-corrected chi connectivity index (χ2v) is 6.07. The molecule has 2 aromatic rings. The molecule has 0 atom stereocenters. The van der Waals surface area contributed by atoms with Gasteiger partial charge < -0.3 is 10.2 Å².